The van der Waals surface area contributed by atoms with Gasteiger partial charge in [0.25, 0.3) is 0 Å². The van der Waals surface area contributed by atoms with E-state index in [4.69, 9.17) is 4.74 Å². The average Bonchev–Trinajstić information content (AvgIpc) is 2.47. The molecule has 1 saturated heterocycles. The van der Waals surface area contributed by atoms with Crippen LogP contribution in [0.4, 0.5) is 5.69 Å². The lowest BCUT2D eigenvalue weighted by molar-refractivity contribution is 0.0546. The number of ether oxygens (including phenoxy) is 1. The molecule has 1 aliphatic heterocycles. The van der Waals surface area contributed by atoms with E-state index in [1.54, 1.807) is 7.11 Å². The van der Waals surface area contributed by atoms with Gasteiger partial charge in [-0.25, -0.2) is 0 Å². The van der Waals surface area contributed by atoms with Crippen molar-refractivity contribution in [2.75, 3.05) is 45.8 Å². The van der Waals surface area contributed by atoms with Gasteiger partial charge in [0.05, 0.1) is 24.9 Å². The first-order chi connectivity index (χ1) is 9.13. The molecule has 0 saturated carbocycles. The molecule has 0 amide bonds. The van der Waals surface area contributed by atoms with Gasteiger partial charge in [0, 0.05) is 13.1 Å². The quantitative estimate of drug-likeness (QED) is 0.896. The Balaban J connectivity index is 2.26. The molecule has 1 fully saturated rings. The third-order valence-electron chi connectivity index (χ3n) is 4.22. The number of nitrogens with zero attached hydrogens (tertiary/aromatic N) is 2. The SMILES string of the molecule is COc1ccccc1N1CCCC(CO)(N(C)C)C1. The van der Waals surface area contributed by atoms with E-state index in [1.165, 1.54) is 0 Å². The number of aliphatic hydroxyl groups excluding tert-OH is 1. The van der Waals surface area contributed by atoms with Crippen molar-refractivity contribution in [3.63, 3.8) is 0 Å². The van der Waals surface area contributed by atoms with E-state index in [-0.39, 0.29) is 12.1 Å². The number of aliphatic hydroxyl groups is 1. The molecule has 1 unspecified atom stereocenters. The van der Waals surface area contributed by atoms with Crippen molar-refractivity contribution in [2.45, 2.75) is 18.4 Å². The predicted octanol–water partition coefficient (Wildman–Crippen LogP) is 1.59. The van der Waals surface area contributed by atoms with Crippen LogP contribution in [-0.2, 0) is 0 Å². The molecule has 0 spiro atoms. The molecular weight excluding hydrogens is 240 g/mol. The first-order valence-electron chi connectivity index (χ1n) is 6.79. The summed E-state index contributed by atoms with van der Waals surface area (Å²) in [4.78, 5) is 4.47. The van der Waals surface area contributed by atoms with Gasteiger partial charge >= 0.3 is 0 Å². The number of rotatable bonds is 4. The Morgan fingerprint density at radius 2 is 2.11 bits per heavy atom. The van der Waals surface area contributed by atoms with Crippen molar-refractivity contribution >= 4 is 5.69 Å². The Bertz CT molecular complexity index is 422. The summed E-state index contributed by atoms with van der Waals surface area (Å²) in [6.07, 6.45) is 2.11. The fraction of sp³-hybridized carbons (Fsp3) is 0.600. The van der Waals surface area contributed by atoms with Crippen LogP contribution >= 0.6 is 0 Å². The van der Waals surface area contributed by atoms with Gasteiger partial charge in [0.2, 0.25) is 0 Å². The molecule has 106 valence electrons. The maximum atomic E-state index is 9.80. The third kappa shape index (κ3) is 2.69. The molecule has 1 N–H and O–H groups in total. The van der Waals surface area contributed by atoms with Gasteiger partial charge in [-0.15, -0.1) is 0 Å². The van der Waals surface area contributed by atoms with Gasteiger partial charge in [0.15, 0.2) is 0 Å². The van der Waals surface area contributed by atoms with Crippen molar-refractivity contribution in [3.05, 3.63) is 24.3 Å². The summed E-state index contributed by atoms with van der Waals surface area (Å²) in [6, 6.07) is 8.09. The molecule has 2 rings (SSSR count). The molecular formula is C15H24N2O2. The van der Waals surface area contributed by atoms with Gasteiger partial charge in [-0.05, 0) is 39.1 Å². The molecule has 1 aromatic carbocycles. The Morgan fingerprint density at radius 1 is 1.37 bits per heavy atom. The number of piperidine rings is 1. The molecule has 1 aromatic rings. The second-order valence-electron chi connectivity index (χ2n) is 5.47. The van der Waals surface area contributed by atoms with Crippen molar-refractivity contribution < 1.29 is 9.84 Å². The topological polar surface area (TPSA) is 35.9 Å². The lowest BCUT2D eigenvalue weighted by atomic mass is 9.88. The van der Waals surface area contributed by atoms with Gasteiger partial charge in [-0.3, -0.25) is 4.90 Å². The molecule has 0 aromatic heterocycles. The minimum Gasteiger partial charge on any atom is -0.495 e. The molecule has 4 heteroatoms. The first kappa shape index (κ1) is 14.2. The summed E-state index contributed by atoms with van der Waals surface area (Å²) in [7, 11) is 5.79. The zero-order valence-electron chi connectivity index (χ0n) is 12.1. The maximum absolute atomic E-state index is 9.80. The van der Waals surface area contributed by atoms with Gasteiger partial charge in [-0.1, -0.05) is 12.1 Å². The van der Waals surface area contributed by atoms with Crippen molar-refractivity contribution in [3.8, 4) is 5.75 Å². The lowest BCUT2D eigenvalue weighted by Crippen LogP contribution is -2.58. The second-order valence-corrected chi connectivity index (χ2v) is 5.47. The van der Waals surface area contributed by atoms with E-state index in [2.05, 4.69) is 15.9 Å². The smallest absolute Gasteiger partial charge is 0.142 e. The van der Waals surface area contributed by atoms with E-state index < -0.39 is 0 Å². The number of likely N-dealkylation sites (N-methyl/N-ethyl adjacent to an activating group) is 1. The highest BCUT2D eigenvalue weighted by Gasteiger charge is 2.37. The number of hydrogen-bond acceptors (Lipinski definition) is 4. The van der Waals surface area contributed by atoms with E-state index >= 15 is 0 Å². The Labute approximate surface area is 115 Å². The molecule has 4 nitrogen and oxygen atoms in total. The monoisotopic (exact) mass is 264 g/mol. The zero-order valence-corrected chi connectivity index (χ0v) is 12.1. The van der Waals surface area contributed by atoms with Gasteiger partial charge in [-0.2, -0.15) is 0 Å². The molecule has 19 heavy (non-hydrogen) atoms. The molecule has 1 aliphatic rings. The average molecular weight is 264 g/mol. The van der Waals surface area contributed by atoms with E-state index in [1.807, 2.05) is 32.3 Å². The molecule has 1 atom stereocenters. The van der Waals surface area contributed by atoms with Crippen LogP contribution in [0.15, 0.2) is 24.3 Å². The lowest BCUT2D eigenvalue weighted by Gasteiger charge is -2.47. The van der Waals surface area contributed by atoms with Crippen molar-refractivity contribution in [1.82, 2.24) is 4.90 Å². The third-order valence-corrected chi connectivity index (χ3v) is 4.22. The summed E-state index contributed by atoms with van der Waals surface area (Å²) in [5.74, 6) is 0.898. The normalized spacial score (nSPS) is 23.7. The second kappa shape index (κ2) is 5.80. The van der Waals surface area contributed by atoms with Crippen molar-refractivity contribution in [1.29, 1.82) is 0 Å². The zero-order chi connectivity index (χ0) is 13.9. The highest BCUT2D eigenvalue weighted by Crippen LogP contribution is 2.34. The molecule has 0 radical (unpaired) electrons. The first-order valence-corrected chi connectivity index (χ1v) is 6.79. The number of methoxy groups -OCH3 is 1. The minimum absolute atomic E-state index is 0.154. The van der Waals surface area contributed by atoms with Crippen LogP contribution in [0.2, 0.25) is 0 Å². The Kier molecular flexibility index (Phi) is 4.32. The van der Waals surface area contributed by atoms with Crippen LogP contribution < -0.4 is 9.64 Å². The highest BCUT2D eigenvalue weighted by atomic mass is 16.5. The summed E-state index contributed by atoms with van der Waals surface area (Å²) in [6.45, 7) is 2.03. The summed E-state index contributed by atoms with van der Waals surface area (Å²) >= 11 is 0. The number of hydrogen-bond donors (Lipinski definition) is 1. The Hall–Kier alpha value is -1.26. The molecule has 0 aliphatic carbocycles. The van der Waals surface area contributed by atoms with Gasteiger partial charge < -0.3 is 14.7 Å². The molecule has 0 bridgehead atoms. The van der Waals surface area contributed by atoms with Crippen LogP contribution in [-0.4, -0.2) is 56.4 Å². The number of anilines is 1. The summed E-state index contributed by atoms with van der Waals surface area (Å²) in [5, 5.41) is 9.80. The highest BCUT2D eigenvalue weighted by molar-refractivity contribution is 5.59. The van der Waals surface area contributed by atoms with Gasteiger partial charge in [0.1, 0.15) is 5.75 Å². The molecule has 1 heterocycles. The minimum atomic E-state index is -0.154. The van der Waals surface area contributed by atoms with Crippen LogP contribution in [0.1, 0.15) is 12.8 Å². The number of para-hydroxylation sites is 2. The predicted molar refractivity (Wildman–Crippen MR) is 77.9 cm³/mol. The van der Waals surface area contributed by atoms with Crippen LogP contribution in [0, 0.1) is 0 Å². The fourth-order valence-electron chi connectivity index (χ4n) is 2.84. The van der Waals surface area contributed by atoms with E-state index in [9.17, 15) is 5.11 Å². The van der Waals surface area contributed by atoms with Crippen molar-refractivity contribution in [2.24, 2.45) is 0 Å². The standard InChI is InChI=1S/C15H24N2O2/c1-16(2)15(12-18)9-6-10-17(11-15)13-7-4-5-8-14(13)19-3/h4-5,7-8,18H,6,9-12H2,1-3H3. The van der Waals surface area contributed by atoms with Crippen LogP contribution in [0.5, 0.6) is 5.75 Å². The largest absolute Gasteiger partial charge is 0.495 e. The van der Waals surface area contributed by atoms with E-state index in [0.717, 1.165) is 37.4 Å². The Morgan fingerprint density at radius 3 is 2.74 bits per heavy atom. The van der Waals surface area contributed by atoms with E-state index in [0.29, 0.717) is 0 Å². The number of benzene rings is 1. The maximum Gasteiger partial charge on any atom is 0.142 e. The summed E-state index contributed by atoms with van der Waals surface area (Å²) in [5.41, 5.74) is 0.961. The summed E-state index contributed by atoms with van der Waals surface area (Å²) < 4.78 is 5.44. The van der Waals surface area contributed by atoms with Crippen LogP contribution in [0.3, 0.4) is 0 Å². The fourth-order valence-corrected chi connectivity index (χ4v) is 2.84. The van der Waals surface area contributed by atoms with Crippen LogP contribution in [0.25, 0.3) is 0 Å².